The van der Waals surface area contributed by atoms with Crippen molar-refractivity contribution >= 4 is 11.9 Å². The summed E-state index contributed by atoms with van der Waals surface area (Å²) in [6.07, 6.45) is 24.1. The van der Waals surface area contributed by atoms with Crippen molar-refractivity contribution in [2.45, 2.75) is 155 Å². The molecule has 0 saturated carbocycles. The van der Waals surface area contributed by atoms with Crippen LogP contribution in [-0.2, 0) is 14.3 Å². The molecule has 0 heterocycles. The smallest absolute Gasteiger partial charge is 0.345 e. The van der Waals surface area contributed by atoms with E-state index >= 15 is 0 Å². The first-order chi connectivity index (χ1) is 14.6. The minimum Gasteiger partial charge on any atom is -0.479 e. The molecule has 0 aliphatic heterocycles. The van der Waals surface area contributed by atoms with Gasteiger partial charge in [-0.1, -0.05) is 123 Å². The highest BCUT2D eigenvalue weighted by atomic mass is 16.6. The van der Waals surface area contributed by atoms with Crippen LogP contribution in [0.3, 0.4) is 0 Å². The molecule has 0 aliphatic carbocycles. The van der Waals surface area contributed by atoms with E-state index in [1.54, 1.807) is 0 Å². The highest BCUT2D eigenvalue weighted by molar-refractivity contribution is 5.77. The topological polar surface area (TPSA) is 63.6 Å². The van der Waals surface area contributed by atoms with Crippen LogP contribution in [0.25, 0.3) is 0 Å². The van der Waals surface area contributed by atoms with Gasteiger partial charge in [0.05, 0.1) is 0 Å². The maximum absolute atomic E-state index is 11.5. The van der Waals surface area contributed by atoms with Crippen LogP contribution in [-0.4, -0.2) is 23.1 Å². The monoisotopic (exact) mass is 426 g/mol. The molecule has 0 rings (SSSR count). The Kier molecular flexibility index (Phi) is 21.8. The zero-order valence-electron chi connectivity index (χ0n) is 20.1. The Balaban J connectivity index is 3.34. The van der Waals surface area contributed by atoms with Gasteiger partial charge >= 0.3 is 11.9 Å². The lowest BCUT2D eigenvalue weighted by Gasteiger charge is -2.13. The number of hydrogen-bond acceptors (Lipinski definition) is 3. The molecular formula is C26H50O4. The normalized spacial score (nSPS) is 12.1. The first-order valence-electron chi connectivity index (χ1n) is 13.0. The van der Waals surface area contributed by atoms with Gasteiger partial charge in [0, 0.05) is 6.42 Å². The molecule has 0 radical (unpaired) electrons. The maximum atomic E-state index is 11.5. The molecule has 1 N–H and O–H groups in total. The largest absolute Gasteiger partial charge is 0.479 e. The summed E-state index contributed by atoms with van der Waals surface area (Å²) >= 11 is 0. The van der Waals surface area contributed by atoms with Gasteiger partial charge < -0.3 is 9.84 Å². The quantitative estimate of drug-likeness (QED) is 0.132. The van der Waals surface area contributed by atoms with Crippen LogP contribution < -0.4 is 0 Å². The second-order valence-corrected chi connectivity index (χ2v) is 8.87. The third-order valence-electron chi connectivity index (χ3n) is 5.82. The fourth-order valence-corrected chi connectivity index (χ4v) is 3.89. The first kappa shape index (κ1) is 28.9. The van der Waals surface area contributed by atoms with Gasteiger partial charge in [-0.15, -0.1) is 0 Å². The van der Waals surface area contributed by atoms with Gasteiger partial charge in [-0.05, 0) is 19.3 Å². The van der Waals surface area contributed by atoms with Crippen LogP contribution in [0.2, 0.25) is 0 Å². The number of carboxylic acids is 1. The Morgan fingerprint density at radius 2 is 0.967 bits per heavy atom. The van der Waals surface area contributed by atoms with Gasteiger partial charge in [0.15, 0.2) is 6.10 Å². The zero-order valence-corrected chi connectivity index (χ0v) is 20.1. The Labute approximate surface area is 186 Å². The molecule has 178 valence electrons. The second kappa shape index (κ2) is 22.6. The lowest BCUT2D eigenvalue weighted by Crippen LogP contribution is -2.26. The lowest BCUT2D eigenvalue weighted by atomic mass is 10.0. The molecule has 0 aromatic rings. The molecule has 0 aliphatic rings. The Bertz CT molecular complexity index is 394. The molecule has 0 bridgehead atoms. The van der Waals surface area contributed by atoms with E-state index in [1.807, 2.05) is 6.92 Å². The first-order valence-corrected chi connectivity index (χ1v) is 13.0. The van der Waals surface area contributed by atoms with Gasteiger partial charge in [0.25, 0.3) is 0 Å². The van der Waals surface area contributed by atoms with E-state index in [4.69, 9.17) is 9.84 Å². The van der Waals surface area contributed by atoms with Crippen molar-refractivity contribution in [3.63, 3.8) is 0 Å². The predicted molar refractivity (Wildman–Crippen MR) is 126 cm³/mol. The van der Waals surface area contributed by atoms with E-state index in [0.717, 1.165) is 19.3 Å². The molecule has 1 atom stereocenters. The van der Waals surface area contributed by atoms with Crippen molar-refractivity contribution in [1.29, 1.82) is 0 Å². The van der Waals surface area contributed by atoms with Crippen LogP contribution in [0.1, 0.15) is 149 Å². The van der Waals surface area contributed by atoms with Crippen LogP contribution in [0, 0.1) is 0 Å². The summed E-state index contributed by atoms with van der Waals surface area (Å²) in [6.45, 7) is 4.16. The summed E-state index contributed by atoms with van der Waals surface area (Å²) in [5.41, 5.74) is 0. The molecule has 0 amide bonds. The maximum Gasteiger partial charge on any atom is 0.345 e. The van der Waals surface area contributed by atoms with E-state index in [-0.39, 0.29) is 0 Å². The second-order valence-electron chi connectivity index (χ2n) is 8.87. The third kappa shape index (κ3) is 20.2. The lowest BCUT2D eigenvalue weighted by molar-refractivity contribution is -0.164. The van der Waals surface area contributed by atoms with Crippen molar-refractivity contribution in [2.24, 2.45) is 0 Å². The van der Waals surface area contributed by atoms with E-state index in [1.165, 1.54) is 96.3 Å². The number of esters is 1. The number of aliphatic carboxylic acids is 1. The van der Waals surface area contributed by atoms with Gasteiger partial charge in [-0.2, -0.15) is 0 Å². The van der Waals surface area contributed by atoms with Gasteiger partial charge in [-0.25, -0.2) is 4.79 Å². The number of carboxylic acid groups (broad SMARTS) is 1. The number of unbranched alkanes of at least 4 members (excludes halogenated alkanes) is 17. The van der Waals surface area contributed by atoms with Gasteiger partial charge in [-0.3, -0.25) is 4.79 Å². The highest BCUT2D eigenvalue weighted by Gasteiger charge is 2.21. The molecular weight excluding hydrogens is 376 g/mol. The van der Waals surface area contributed by atoms with Crippen LogP contribution >= 0.6 is 0 Å². The molecule has 1 unspecified atom stereocenters. The summed E-state index contributed by atoms with van der Waals surface area (Å²) in [5, 5.41) is 9.16. The molecule has 0 fully saturated rings. The summed E-state index contributed by atoms with van der Waals surface area (Å²) in [6, 6.07) is 0. The minimum absolute atomic E-state index is 0.295. The van der Waals surface area contributed by atoms with E-state index < -0.39 is 18.0 Å². The molecule has 4 heteroatoms. The van der Waals surface area contributed by atoms with E-state index in [2.05, 4.69) is 6.92 Å². The highest BCUT2D eigenvalue weighted by Crippen LogP contribution is 2.15. The summed E-state index contributed by atoms with van der Waals surface area (Å²) in [4.78, 5) is 22.6. The van der Waals surface area contributed by atoms with Crippen LogP contribution in [0.5, 0.6) is 0 Å². The van der Waals surface area contributed by atoms with Crippen molar-refractivity contribution in [3.05, 3.63) is 0 Å². The fourth-order valence-electron chi connectivity index (χ4n) is 3.89. The molecule has 0 saturated heterocycles. The van der Waals surface area contributed by atoms with E-state index in [9.17, 15) is 9.59 Å². The predicted octanol–water partition coefficient (Wildman–Crippen LogP) is 8.21. The number of ether oxygens (including phenoxy) is 1. The fraction of sp³-hybridized carbons (Fsp3) is 0.923. The number of carbonyl (C=O) groups excluding carboxylic acids is 1. The van der Waals surface area contributed by atoms with Crippen molar-refractivity contribution in [3.8, 4) is 0 Å². The average Bonchev–Trinajstić information content (AvgIpc) is 2.72. The molecule has 4 nitrogen and oxygen atoms in total. The van der Waals surface area contributed by atoms with Gasteiger partial charge in [0.2, 0.25) is 0 Å². The van der Waals surface area contributed by atoms with Crippen LogP contribution in [0.15, 0.2) is 0 Å². The third-order valence-corrected chi connectivity index (χ3v) is 5.82. The Morgan fingerprint density at radius 3 is 1.30 bits per heavy atom. The van der Waals surface area contributed by atoms with Gasteiger partial charge in [0.1, 0.15) is 0 Å². The summed E-state index contributed by atoms with van der Waals surface area (Å²) in [7, 11) is 0. The molecule has 0 aromatic carbocycles. The SMILES string of the molecule is CCCCCCCCCCCCCCCCCCCCC(OC(=O)CCC)C(=O)O. The molecule has 0 spiro atoms. The Hall–Kier alpha value is -1.06. The van der Waals surface area contributed by atoms with Crippen LogP contribution in [0.4, 0.5) is 0 Å². The standard InChI is InChI=1S/C26H50O4/c1-3-5-6-7-8-9-10-11-12-13-14-15-16-17-18-19-20-21-23-24(26(28)29)30-25(27)22-4-2/h24H,3-23H2,1-2H3,(H,28,29). The van der Waals surface area contributed by atoms with E-state index in [0.29, 0.717) is 19.3 Å². The Morgan fingerprint density at radius 1 is 0.600 bits per heavy atom. The number of carbonyl (C=O) groups is 2. The number of hydrogen-bond donors (Lipinski definition) is 1. The zero-order chi connectivity index (χ0) is 22.3. The van der Waals surface area contributed by atoms with Crippen molar-refractivity contribution in [2.75, 3.05) is 0 Å². The van der Waals surface area contributed by atoms with Crippen molar-refractivity contribution < 1.29 is 19.4 Å². The van der Waals surface area contributed by atoms with Crippen molar-refractivity contribution in [1.82, 2.24) is 0 Å². The molecule has 30 heavy (non-hydrogen) atoms. The minimum atomic E-state index is -1.02. The molecule has 0 aromatic heterocycles. The average molecular weight is 427 g/mol. The summed E-state index contributed by atoms with van der Waals surface area (Å²) < 4.78 is 5.05. The number of rotatable bonds is 23. The summed E-state index contributed by atoms with van der Waals surface area (Å²) in [5.74, 6) is -1.42.